The lowest BCUT2D eigenvalue weighted by molar-refractivity contribution is -0.126. The van der Waals surface area contributed by atoms with Crippen molar-refractivity contribution in [2.24, 2.45) is 5.73 Å². The molecule has 0 radical (unpaired) electrons. The molecular weight excluding hydrogens is 252 g/mol. The zero-order chi connectivity index (χ0) is 14.1. The van der Waals surface area contributed by atoms with Gasteiger partial charge in [-0.25, -0.2) is 0 Å². The van der Waals surface area contributed by atoms with Crippen molar-refractivity contribution in [1.82, 2.24) is 0 Å². The van der Waals surface area contributed by atoms with E-state index in [0.717, 1.165) is 17.0 Å². The summed E-state index contributed by atoms with van der Waals surface area (Å²) in [7, 11) is 1.63. The van der Waals surface area contributed by atoms with E-state index in [0.29, 0.717) is 0 Å². The predicted octanol–water partition coefficient (Wildman–Crippen LogP) is 2.11. The Kier molecular flexibility index (Phi) is 3.16. The Morgan fingerprint density at radius 1 is 1.05 bits per heavy atom. The molecule has 0 aromatic heterocycles. The first-order chi connectivity index (χ1) is 9.72. The first kappa shape index (κ1) is 12.7. The van der Waals surface area contributed by atoms with Crippen molar-refractivity contribution >= 4 is 11.6 Å². The lowest BCUT2D eigenvalue weighted by Crippen LogP contribution is -2.63. The topological polar surface area (TPSA) is 55.6 Å². The van der Waals surface area contributed by atoms with Gasteiger partial charge in [0.15, 0.2) is 0 Å². The number of benzene rings is 2. The molecule has 1 heterocycles. The van der Waals surface area contributed by atoms with E-state index >= 15 is 0 Å². The predicted molar refractivity (Wildman–Crippen MR) is 77.6 cm³/mol. The smallest absolute Gasteiger partial charge is 0.247 e. The molecule has 4 heteroatoms. The van der Waals surface area contributed by atoms with Gasteiger partial charge >= 0.3 is 0 Å². The highest BCUT2D eigenvalue weighted by Crippen LogP contribution is 2.38. The molecule has 2 N–H and O–H groups in total. The highest BCUT2D eigenvalue weighted by molar-refractivity contribution is 6.05. The minimum atomic E-state index is -0.483. The molecule has 0 bridgehead atoms. The van der Waals surface area contributed by atoms with Gasteiger partial charge in [-0.3, -0.25) is 4.79 Å². The van der Waals surface area contributed by atoms with Gasteiger partial charge in [-0.15, -0.1) is 0 Å². The van der Waals surface area contributed by atoms with Gasteiger partial charge in [0, 0.05) is 5.69 Å². The average molecular weight is 268 g/mol. The number of hydrogen-bond donors (Lipinski definition) is 1. The van der Waals surface area contributed by atoms with Crippen molar-refractivity contribution in [3.8, 4) is 5.75 Å². The number of ether oxygens (including phenoxy) is 1. The number of para-hydroxylation sites is 1. The zero-order valence-electron chi connectivity index (χ0n) is 11.2. The van der Waals surface area contributed by atoms with Crippen molar-refractivity contribution in [2.45, 2.75) is 12.1 Å². The van der Waals surface area contributed by atoms with Crippen LogP contribution in [-0.4, -0.2) is 19.1 Å². The van der Waals surface area contributed by atoms with E-state index in [1.807, 2.05) is 54.6 Å². The molecule has 1 aliphatic heterocycles. The van der Waals surface area contributed by atoms with Crippen LogP contribution in [0.15, 0.2) is 54.6 Å². The molecule has 4 nitrogen and oxygen atoms in total. The van der Waals surface area contributed by atoms with Crippen LogP contribution in [0.2, 0.25) is 0 Å². The van der Waals surface area contributed by atoms with Crippen molar-refractivity contribution in [1.29, 1.82) is 0 Å². The second-order valence-electron chi connectivity index (χ2n) is 4.79. The Hall–Kier alpha value is -2.33. The molecule has 20 heavy (non-hydrogen) atoms. The molecule has 1 aliphatic rings. The van der Waals surface area contributed by atoms with E-state index in [1.165, 1.54) is 0 Å². The summed E-state index contributed by atoms with van der Waals surface area (Å²) in [5.74, 6) is 0.747. The summed E-state index contributed by atoms with van der Waals surface area (Å²) in [6.45, 7) is 0. The first-order valence-electron chi connectivity index (χ1n) is 6.50. The van der Waals surface area contributed by atoms with Gasteiger partial charge in [-0.2, -0.15) is 0 Å². The number of nitrogens with zero attached hydrogens (tertiary/aromatic N) is 1. The summed E-state index contributed by atoms with van der Waals surface area (Å²) in [4.78, 5) is 13.8. The molecule has 2 aromatic rings. The highest BCUT2D eigenvalue weighted by Gasteiger charge is 2.46. The third-order valence-corrected chi connectivity index (χ3v) is 3.63. The standard InChI is InChI=1S/C16H16N2O2/c1-20-13-9-7-11(8-10-13)15-14(17)16(19)18(15)12-5-3-2-4-6-12/h2-10,14-15H,17H2,1H3/t14-,15-/m0/s1. The number of hydrogen-bond acceptors (Lipinski definition) is 3. The highest BCUT2D eigenvalue weighted by atomic mass is 16.5. The largest absolute Gasteiger partial charge is 0.497 e. The van der Waals surface area contributed by atoms with Gasteiger partial charge in [-0.05, 0) is 29.8 Å². The zero-order valence-corrected chi connectivity index (χ0v) is 11.2. The molecule has 1 fully saturated rings. The minimum absolute atomic E-state index is 0.0444. The fourth-order valence-electron chi connectivity index (χ4n) is 2.55. The van der Waals surface area contributed by atoms with Crippen molar-refractivity contribution in [3.63, 3.8) is 0 Å². The van der Waals surface area contributed by atoms with Gasteiger partial charge in [0.05, 0.1) is 13.2 Å². The maximum atomic E-state index is 12.0. The summed E-state index contributed by atoms with van der Waals surface area (Å²) in [5.41, 5.74) is 7.86. The molecule has 0 saturated carbocycles. The average Bonchev–Trinajstić information content (AvgIpc) is 2.52. The monoisotopic (exact) mass is 268 g/mol. The maximum absolute atomic E-state index is 12.0. The number of nitrogens with two attached hydrogens (primary N) is 1. The van der Waals surface area contributed by atoms with Crippen molar-refractivity contribution < 1.29 is 9.53 Å². The minimum Gasteiger partial charge on any atom is -0.497 e. The van der Waals surface area contributed by atoms with Crippen LogP contribution in [0.1, 0.15) is 11.6 Å². The quantitative estimate of drug-likeness (QED) is 0.867. The molecular formula is C16H16N2O2. The van der Waals surface area contributed by atoms with Crippen LogP contribution >= 0.6 is 0 Å². The van der Waals surface area contributed by atoms with E-state index in [4.69, 9.17) is 10.5 Å². The third kappa shape index (κ3) is 1.94. The molecule has 2 atom stereocenters. The summed E-state index contributed by atoms with van der Waals surface area (Å²) in [6.07, 6.45) is 0. The molecule has 0 aliphatic carbocycles. The Morgan fingerprint density at radius 3 is 2.30 bits per heavy atom. The lowest BCUT2D eigenvalue weighted by atomic mass is 9.88. The second-order valence-corrected chi connectivity index (χ2v) is 4.79. The SMILES string of the molecule is COc1ccc([C@H]2[C@H](N)C(=O)N2c2ccccc2)cc1. The fourth-order valence-corrected chi connectivity index (χ4v) is 2.55. The Balaban J connectivity index is 1.92. The first-order valence-corrected chi connectivity index (χ1v) is 6.50. The number of carbonyl (C=O) groups is 1. The molecule has 0 spiro atoms. The van der Waals surface area contributed by atoms with Gasteiger partial charge in [0.1, 0.15) is 11.8 Å². The van der Waals surface area contributed by atoms with Crippen LogP contribution in [0.3, 0.4) is 0 Å². The molecule has 1 amide bonds. The molecule has 0 unspecified atom stereocenters. The van der Waals surface area contributed by atoms with E-state index in [2.05, 4.69) is 0 Å². The summed E-state index contributed by atoms with van der Waals surface area (Å²) >= 11 is 0. The number of β-lactam (4-membered cyclic amide) rings is 1. The molecule has 3 rings (SSSR count). The molecule has 2 aromatic carbocycles. The van der Waals surface area contributed by atoms with Crippen LogP contribution < -0.4 is 15.4 Å². The van der Waals surface area contributed by atoms with Crippen LogP contribution in [0.25, 0.3) is 0 Å². The fraction of sp³-hybridized carbons (Fsp3) is 0.188. The van der Waals surface area contributed by atoms with Crippen LogP contribution in [0.5, 0.6) is 5.75 Å². The van der Waals surface area contributed by atoms with Gasteiger partial charge in [0.2, 0.25) is 5.91 Å². The Morgan fingerprint density at radius 2 is 1.70 bits per heavy atom. The molecule has 1 saturated heterocycles. The van der Waals surface area contributed by atoms with Gasteiger partial charge < -0.3 is 15.4 Å². The number of carbonyl (C=O) groups excluding carboxylic acids is 1. The van der Waals surface area contributed by atoms with Crippen molar-refractivity contribution in [3.05, 3.63) is 60.2 Å². The third-order valence-electron chi connectivity index (χ3n) is 3.63. The summed E-state index contributed by atoms with van der Waals surface area (Å²) in [6, 6.07) is 16.7. The summed E-state index contributed by atoms with van der Waals surface area (Å²) in [5, 5.41) is 0. The maximum Gasteiger partial charge on any atom is 0.247 e. The van der Waals surface area contributed by atoms with Crippen LogP contribution in [0.4, 0.5) is 5.69 Å². The van der Waals surface area contributed by atoms with Crippen LogP contribution in [-0.2, 0) is 4.79 Å². The van der Waals surface area contributed by atoms with E-state index in [-0.39, 0.29) is 11.9 Å². The normalized spacial score (nSPS) is 21.5. The lowest BCUT2D eigenvalue weighted by Gasteiger charge is -2.45. The van der Waals surface area contributed by atoms with Gasteiger partial charge in [-0.1, -0.05) is 30.3 Å². The number of methoxy groups -OCH3 is 1. The van der Waals surface area contributed by atoms with Crippen LogP contribution in [0, 0.1) is 0 Å². The summed E-state index contributed by atoms with van der Waals surface area (Å²) < 4.78 is 5.15. The van der Waals surface area contributed by atoms with E-state index in [9.17, 15) is 4.79 Å². The van der Waals surface area contributed by atoms with E-state index < -0.39 is 6.04 Å². The number of amides is 1. The number of rotatable bonds is 3. The van der Waals surface area contributed by atoms with Crippen molar-refractivity contribution in [2.75, 3.05) is 12.0 Å². The number of anilines is 1. The Labute approximate surface area is 117 Å². The van der Waals surface area contributed by atoms with Gasteiger partial charge in [0.25, 0.3) is 0 Å². The Bertz CT molecular complexity index is 610. The van der Waals surface area contributed by atoms with E-state index in [1.54, 1.807) is 12.0 Å². The second kappa shape index (κ2) is 4.98. The molecule has 102 valence electrons.